The molecule has 130 valence electrons. The summed E-state index contributed by atoms with van der Waals surface area (Å²) in [4.78, 5) is 19.0. The Labute approximate surface area is 141 Å². The number of nitrogens with one attached hydrogen (secondary N) is 1. The lowest BCUT2D eigenvalue weighted by Crippen LogP contribution is -2.42. The first kappa shape index (κ1) is 16.9. The molecule has 24 heavy (non-hydrogen) atoms. The van der Waals surface area contributed by atoms with E-state index in [9.17, 15) is 9.18 Å². The zero-order valence-corrected chi connectivity index (χ0v) is 14.4. The van der Waals surface area contributed by atoms with E-state index in [1.54, 1.807) is 6.07 Å². The number of amides is 1. The van der Waals surface area contributed by atoms with E-state index in [0.717, 1.165) is 43.8 Å². The second-order valence-corrected chi connectivity index (χ2v) is 6.37. The van der Waals surface area contributed by atoms with E-state index in [1.807, 2.05) is 6.92 Å². The van der Waals surface area contributed by atoms with Crippen molar-refractivity contribution in [1.29, 1.82) is 0 Å². The minimum absolute atomic E-state index is 0.0515. The Morgan fingerprint density at radius 3 is 3.00 bits per heavy atom. The number of piperidine rings is 1. The van der Waals surface area contributed by atoms with Gasteiger partial charge >= 0.3 is 0 Å². The van der Waals surface area contributed by atoms with Crippen LogP contribution in [0, 0.1) is 11.7 Å². The smallest absolute Gasteiger partial charge is 0.224 e. The highest BCUT2D eigenvalue weighted by molar-refractivity contribution is 5.79. The number of aromatic nitrogens is 2. The summed E-state index contributed by atoms with van der Waals surface area (Å²) in [6.45, 7) is 7.91. The van der Waals surface area contributed by atoms with Gasteiger partial charge < -0.3 is 9.88 Å². The molecule has 1 aromatic heterocycles. The maximum absolute atomic E-state index is 13.4. The first-order chi connectivity index (χ1) is 11.6. The molecule has 1 aliphatic heterocycles. The zero-order chi connectivity index (χ0) is 17.1. The van der Waals surface area contributed by atoms with Gasteiger partial charge in [0.05, 0.1) is 23.5 Å². The van der Waals surface area contributed by atoms with E-state index in [1.165, 1.54) is 12.1 Å². The zero-order valence-electron chi connectivity index (χ0n) is 14.4. The molecule has 1 N–H and O–H groups in total. The topological polar surface area (TPSA) is 50.2 Å². The number of carbonyl (C=O) groups is 1. The number of nitrogens with zero attached hydrogens (tertiary/aromatic N) is 3. The molecule has 3 rings (SSSR count). The van der Waals surface area contributed by atoms with E-state index in [2.05, 4.69) is 26.7 Å². The number of rotatable bonds is 5. The fourth-order valence-corrected chi connectivity index (χ4v) is 3.56. The molecule has 5 nitrogen and oxygen atoms in total. The Morgan fingerprint density at radius 2 is 2.25 bits per heavy atom. The van der Waals surface area contributed by atoms with Crippen LogP contribution in [-0.2, 0) is 17.9 Å². The third kappa shape index (κ3) is 3.43. The van der Waals surface area contributed by atoms with Crippen LogP contribution in [0.1, 0.15) is 32.5 Å². The molecular formula is C18H25FN4O. The average Bonchev–Trinajstić information content (AvgIpc) is 2.91. The molecule has 2 aromatic rings. The number of likely N-dealkylation sites (tertiary alicyclic amines) is 1. The summed E-state index contributed by atoms with van der Waals surface area (Å²) in [6, 6.07) is 4.75. The largest absolute Gasteiger partial charge is 0.356 e. The molecule has 1 unspecified atom stereocenters. The SMILES string of the molecule is CCNC(=O)C1CCCN(Cc2nc3cc(F)ccc3n2CC)C1. The maximum atomic E-state index is 13.4. The third-order valence-electron chi connectivity index (χ3n) is 4.70. The summed E-state index contributed by atoms with van der Waals surface area (Å²) < 4.78 is 15.6. The lowest BCUT2D eigenvalue weighted by Gasteiger charge is -2.31. The average molecular weight is 332 g/mol. The van der Waals surface area contributed by atoms with E-state index < -0.39 is 0 Å². The van der Waals surface area contributed by atoms with Crippen molar-refractivity contribution in [3.63, 3.8) is 0 Å². The molecule has 0 bridgehead atoms. The molecule has 2 heterocycles. The van der Waals surface area contributed by atoms with Gasteiger partial charge in [0, 0.05) is 25.7 Å². The normalized spacial score (nSPS) is 18.9. The lowest BCUT2D eigenvalue weighted by atomic mass is 9.97. The molecule has 1 aliphatic rings. The van der Waals surface area contributed by atoms with Crippen LogP contribution in [-0.4, -0.2) is 40.0 Å². The highest BCUT2D eigenvalue weighted by Crippen LogP contribution is 2.22. The van der Waals surface area contributed by atoms with Crippen molar-refractivity contribution < 1.29 is 9.18 Å². The summed E-state index contributed by atoms with van der Waals surface area (Å²) >= 11 is 0. The van der Waals surface area contributed by atoms with E-state index in [-0.39, 0.29) is 17.6 Å². The minimum Gasteiger partial charge on any atom is -0.356 e. The number of benzene rings is 1. The van der Waals surface area contributed by atoms with Crippen LogP contribution in [0.15, 0.2) is 18.2 Å². The highest BCUT2D eigenvalue weighted by Gasteiger charge is 2.26. The van der Waals surface area contributed by atoms with E-state index in [4.69, 9.17) is 0 Å². The first-order valence-electron chi connectivity index (χ1n) is 8.77. The van der Waals surface area contributed by atoms with Gasteiger partial charge in [0.15, 0.2) is 0 Å². The van der Waals surface area contributed by atoms with Gasteiger partial charge in [0.25, 0.3) is 0 Å². The predicted molar refractivity (Wildman–Crippen MR) is 92.0 cm³/mol. The monoisotopic (exact) mass is 332 g/mol. The molecule has 6 heteroatoms. The molecule has 1 atom stereocenters. The summed E-state index contributed by atoms with van der Waals surface area (Å²) in [5.41, 5.74) is 1.66. The second-order valence-electron chi connectivity index (χ2n) is 6.37. The van der Waals surface area contributed by atoms with Gasteiger partial charge in [-0.15, -0.1) is 0 Å². The van der Waals surface area contributed by atoms with Crippen LogP contribution in [0.25, 0.3) is 11.0 Å². The molecule has 1 fully saturated rings. The number of imidazole rings is 1. The number of aryl methyl sites for hydroxylation is 1. The van der Waals surface area contributed by atoms with Crippen molar-refractivity contribution in [2.24, 2.45) is 5.92 Å². The summed E-state index contributed by atoms with van der Waals surface area (Å²) in [5.74, 6) is 0.877. The molecule has 1 amide bonds. The summed E-state index contributed by atoms with van der Waals surface area (Å²) in [6.07, 6.45) is 1.96. The Morgan fingerprint density at radius 1 is 1.42 bits per heavy atom. The van der Waals surface area contributed by atoms with Crippen LogP contribution in [0.5, 0.6) is 0 Å². The molecule has 0 saturated carbocycles. The van der Waals surface area contributed by atoms with Gasteiger partial charge in [0.2, 0.25) is 5.91 Å². The van der Waals surface area contributed by atoms with Crippen molar-refractivity contribution in [1.82, 2.24) is 19.8 Å². The standard InChI is InChI=1S/C18H25FN4O/c1-3-20-18(24)13-6-5-9-22(11-13)12-17-21-15-10-14(19)7-8-16(15)23(17)4-2/h7-8,10,13H,3-6,9,11-12H2,1-2H3,(H,20,24). The van der Waals surface area contributed by atoms with Crippen molar-refractivity contribution in [2.45, 2.75) is 39.8 Å². The Kier molecular flexibility index (Phi) is 5.14. The van der Waals surface area contributed by atoms with Gasteiger partial charge in [-0.2, -0.15) is 0 Å². The van der Waals surface area contributed by atoms with Crippen molar-refractivity contribution >= 4 is 16.9 Å². The predicted octanol–water partition coefficient (Wildman–Crippen LogP) is 2.54. The van der Waals surface area contributed by atoms with Gasteiger partial charge in [-0.1, -0.05) is 0 Å². The van der Waals surface area contributed by atoms with Crippen molar-refractivity contribution in [3.05, 3.63) is 29.8 Å². The molecule has 0 aliphatic carbocycles. The van der Waals surface area contributed by atoms with Crippen LogP contribution in [0.2, 0.25) is 0 Å². The third-order valence-corrected chi connectivity index (χ3v) is 4.70. The first-order valence-corrected chi connectivity index (χ1v) is 8.77. The highest BCUT2D eigenvalue weighted by atomic mass is 19.1. The fourth-order valence-electron chi connectivity index (χ4n) is 3.56. The lowest BCUT2D eigenvalue weighted by molar-refractivity contribution is -0.126. The molecule has 1 aromatic carbocycles. The van der Waals surface area contributed by atoms with Gasteiger partial charge in [-0.3, -0.25) is 9.69 Å². The number of hydrogen-bond acceptors (Lipinski definition) is 3. The number of hydrogen-bond donors (Lipinski definition) is 1. The Balaban J connectivity index is 1.78. The van der Waals surface area contributed by atoms with Crippen molar-refractivity contribution in [2.75, 3.05) is 19.6 Å². The van der Waals surface area contributed by atoms with Gasteiger partial charge in [-0.25, -0.2) is 9.37 Å². The van der Waals surface area contributed by atoms with Crippen molar-refractivity contribution in [3.8, 4) is 0 Å². The van der Waals surface area contributed by atoms with Crippen LogP contribution in [0.4, 0.5) is 4.39 Å². The van der Waals surface area contributed by atoms with E-state index in [0.29, 0.717) is 18.6 Å². The number of fused-ring (bicyclic) bond motifs is 1. The molecular weight excluding hydrogens is 307 g/mol. The minimum atomic E-state index is -0.260. The molecule has 1 saturated heterocycles. The Bertz CT molecular complexity index is 727. The second kappa shape index (κ2) is 7.30. The summed E-state index contributed by atoms with van der Waals surface area (Å²) in [5, 5.41) is 2.92. The number of carbonyl (C=O) groups excluding carboxylic acids is 1. The van der Waals surface area contributed by atoms with Crippen LogP contribution < -0.4 is 5.32 Å². The summed E-state index contributed by atoms with van der Waals surface area (Å²) in [7, 11) is 0. The Hall–Kier alpha value is -1.95. The van der Waals surface area contributed by atoms with Crippen LogP contribution >= 0.6 is 0 Å². The van der Waals surface area contributed by atoms with Gasteiger partial charge in [-0.05, 0) is 45.4 Å². The maximum Gasteiger partial charge on any atom is 0.224 e. The quantitative estimate of drug-likeness (QED) is 0.915. The fraction of sp³-hybridized carbons (Fsp3) is 0.556. The van der Waals surface area contributed by atoms with Crippen LogP contribution in [0.3, 0.4) is 0 Å². The van der Waals surface area contributed by atoms with E-state index >= 15 is 0 Å². The van der Waals surface area contributed by atoms with Gasteiger partial charge in [0.1, 0.15) is 11.6 Å². The number of halogens is 1. The molecule has 0 radical (unpaired) electrons. The molecule has 0 spiro atoms.